The second kappa shape index (κ2) is 7.89. The fourth-order valence-electron chi connectivity index (χ4n) is 4.34. The number of furan rings is 1. The lowest BCUT2D eigenvalue weighted by molar-refractivity contribution is -0.117. The van der Waals surface area contributed by atoms with E-state index in [-0.39, 0.29) is 11.3 Å². The molecule has 0 aliphatic carbocycles. The number of aliphatic hydroxyl groups excluding tert-OH is 1. The van der Waals surface area contributed by atoms with E-state index < -0.39 is 29.3 Å². The van der Waals surface area contributed by atoms with E-state index >= 15 is 0 Å². The highest BCUT2D eigenvalue weighted by Crippen LogP contribution is 2.44. The first-order valence-electron chi connectivity index (χ1n) is 10.8. The molecule has 1 aliphatic heterocycles. The Labute approximate surface area is 202 Å². The van der Waals surface area contributed by atoms with Gasteiger partial charge in [-0.1, -0.05) is 47.7 Å². The van der Waals surface area contributed by atoms with Crippen molar-refractivity contribution in [3.63, 3.8) is 0 Å². The number of aromatic nitrogens is 1. The molecule has 1 unspecified atom stereocenters. The zero-order chi connectivity index (χ0) is 24.3. The average molecular weight is 485 g/mol. The number of Topliss-reactive ketones (excluding diaryl/α,β-unsaturated/α-hetero) is 1. The summed E-state index contributed by atoms with van der Waals surface area (Å²) in [5.74, 6) is -2.52. The molecular formula is C27H17FN2O4S. The Morgan fingerprint density at radius 3 is 2.63 bits per heavy atom. The topological polar surface area (TPSA) is 83.6 Å². The number of hydrogen-bond donors (Lipinski definition) is 1. The number of thiazole rings is 1. The lowest BCUT2D eigenvalue weighted by atomic mass is 9.95. The molecule has 3 aromatic carbocycles. The molecular weight excluding hydrogens is 467 g/mol. The number of benzene rings is 3. The van der Waals surface area contributed by atoms with Crippen molar-refractivity contribution < 1.29 is 23.5 Å². The van der Waals surface area contributed by atoms with Crippen LogP contribution in [-0.2, 0) is 4.79 Å². The van der Waals surface area contributed by atoms with Gasteiger partial charge in [0.15, 0.2) is 16.7 Å². The van der Waals surface area contributed by atoms with Crippen LogP contribution in [0.3, 0.4) is 0 Å². The summed E-state index contributed by atoms with van der Waals surface area (Å²) in [6, 6.07) is 18.9. The van der Waals surface area contributed by atoms with Gasteiger partial charge in [0, 0.05) is 5.39 Å². The maximum absolute atomic E-state index is 13.7. The third-order valence-corrected chi connectivity index (χ3v) is 7.04. The first kappa shape index (κ1) is 21.2. The number of aliphatic hydroxyl groups is 1. The van der Waals surface area contributed by atoms with Crippen LogP contribution >= 0.6 is 11.3 Å². The molecule has 35 heavy (non-hydrogen) atoms. The van der Waals surface area contributed by atoms with Gasteiger partial charge in [-0.2, -0.15) is 0 Å². The van der Waals surface area contributed by atoms with Gasteiger partial charge in [-0.25, -0.2) is 9.37 Å². The van der Waals surface area contributed by atoms with Gasteiger partial charge in [-0.05, 0) is 54.4 Å². The van der Waals surface area contributed by atoms with Gasteiger partial charge >= 0.3 is 0 Å². The molecule has 2 aromatic heterocycles. The largest absolute Gasteiger partial charge is 0.503 e. The number of aryl methyl sites for hydroxylation is 1. The summed E-state index contributed by atoms with van der Waals surface area (Å²) < 4.78 is 20.3. The van der Waals surface area contributed by atoms with Crippen LogP contribution in [-0.4, -0.2) is 21.8 Å². The summed E-state index contributed by atoms with van der Waals surface area (Å²) in [6.07, 6.45) is 0. The first-order chi connectivity index (χ1) is 16.9. The van der Waals surface area contributed by atoms with Gasteiger partial charge in [0.25, 0.3) is 5.91 Å². The number of nitrogens with zero attached hydrogens (tertiary/aromatic N) is 2. The van der Waals surface area contributed by atoms with Crippen molar-refractivity contribution in [2.45, 2.75) is 13.0 Å². The number of hydrogen-bond acceptors (Lipinski definition) is 6. The van der Waals surface area contributed by atoms with Gasteiger partial charge in [0.1, 0.15) is 11.4 Å². The van der Waals surface area contributed by atoms with Crippen LogP contribution in [0.4, 0.5) is 9.52 Å². The van der Waals surface area contributed by atoms with Crippen molar-refractivity contribution >= 4 is 49.3 Å². The Morgan fingerprint density at radius 1 is 1.09 bits per heavy atom. The van der Waals surface area contributed by atoms with Crippen LogP contribution in [0.15, 0.2) is 88.5 Å². The van der Waals surface area contributed by atoms with Crippen LogP contribution < -0.4 is 4.90 Å². The van der Waals surface area contributed by atoms with E-state index in [1.165, 1.54) is 40.5 Å². The van der Waals surface area contributed by atoms with E-state index in [2.05, 4.69) is 4.98 Å². The number of carbonyl (C=O) groups excluding carboxylic acids is 2. The number of anilines is 1. The molecule has 1 atom stereocenters. The summed E-state index contributed by atoms with van der Waals surface area (Å²) in [7, 11) is 0. The minimum absolute atomic E-state index is 0.00515. The van der Waals surface area contributed by atoms with E-state index in [1.54, 1.807) is 24.3 Å². The fraction of sp³-hybridized carbons (Fsp3) is 0.0741. The Morgan fingerprint density at radius 2 is 1.86 bits per heavy atom. The number of fused-ring (bicyclic) bond motifs is 2. The fourth-order valence-corrected chi connectivity index (χ4v) is 5.43. The zero-order valence-corrected chi connectivity index (χ0v) is 19.2. The third-order valence-electron chi connectivity index (χ3n) is 6.03. The quantitative estimate of drug-likeness (QED) is 0.304. The molecule has 1 N–H and O–H groups in total. The van der Waals surface area contributed by atoms with Gasteiger partial charge < -0.3 is 9.52 Å². The predicted molar refractivity (Wildman–Crippen MR) is 131 cm³/mol. The molecule has 0 saturated carbocycles. The molecule has 0 saturated heterocycles. The van der Waals surface area contributed by atoms with Crippen molar-refractivity contribution in [3.8, 4) is 0 Å². The highest BCUT2D eigenvalue weighted by molar-refractivity contribution is 7.22. The molecule has 1 amide bonds. The molecule has 6 nitrogen and oxygen atoms in total. The highest BCUT2D eigenvalue weighted by atomic mass is 32.1. The van der Waals surface area contributed by atoms with Gasteiger partial charge in [0.2, 0.25) is 5.78 Å². The Hall–Kier alpha value is -4.30. The van der Waals surface area contributed by atoms with Crippen molar-refractivity contribution in [1.29, 1.82) is 0 Å². The van der Waals surface area contributed by atoms with Crippen LogP contribution in [0.2, 0.25) is 0 Å². The van der Waals surface area contributed by atoms with Crippen molar-refractivity contribution in [1.82, 2.24) is 4.98 Å². The van der Waals surface area contributed by atoms with E-state index in [4.69, 9.17) is 4.42 Å². The molecule has 0 bridgehead atoms. The number of halogens is 1. The second-order valence-corrected chi connectivity index (χ2v) is 9.35. The normalized spacial score (nSPS) is 16.1. The van der Waals surface area contributed by atoms with Crippen LogP contribution in [0.5, 0.6) is 0 Å². The van der Waals surface area contributed by atoms with E-state index in [1.807, 2.05) is 31.2 Å². The Kier molecular flexibility index (Phi) is 4.79. The molecule has 3 heterocycles. The van der Waals surface area contributed by atoms with Gasteiger partial charge in [-0.15, -0.1) is 0 Å². The maximum atomic E-state index is 13.7. The minimum Gasteiger partial charge on any atom is -0.503 e. The SMILES string of the molecule is Cc1ccc2nc(N3C(=O)C(O)=C(C(=O)c4cc5ccccc5o4)C3c3ccc(F)cc3)sc2c1. The molecule has 8 heteroatoms. The Balaban J connectivity index is 1.51. The van der Waals surface area contributed by atoms with E-state index in [9.17, 15) is 19.1 Å². The molecule has 172 valence electrons. The molecule has 0 radical (unpaired) electrons. The molecule has 1 aliphatic rings. The molecule has 6 rings (SSSR count). The number of amides is 1. The molecule has 0 spiro atoms. The van der Waals surface area contributed by atoms with Crippen molar-refractivity contribution in [3.05, 3.63) is 107 Å². The predicted octanol–water partition coefficient (Wildman–Crippen LogP) is 6.27. The summed E-state index contributed by atoms with van der Waals surface area (Å²) in [6.45, 7) is 1.96. The standard InChI is InChI=1S/C27H17FN2O4S/c1-14-6-11-18-21(12-14)35-27(29-18)30-23(15-7-9-17(28)10-8-15)22(25(32)26(30)33)24(31)20-13-16-4-2-3-5-19(16)34-20/h2-13,23,32H,1H3. The van der Waals surface area contributed by atoms with Crippen molar-refractivity contribution in [2.24, 2.45) is 0 Å². The van der Waals surface area contributed by atoms with Crippen LogP contribution in [0.1, 0.15) is 27.7 Å². The molecule has 0 fully saturated rings. The smallest absolute Gasteiger partial charge is 0.296 e. The lowest BCUT2D eigenvalue weighted by Gasteiger charge is -2.24. The average Bonchev–Trinajstić information content (AvgIpc) is 3.53. The zero-order valence-electron chi connectivity index (χ0n) is 18.4. The highest BCUT2D eigenvalue weighted by Gasteiger charge is 2.46. The minimum atomic E-state index is -1.01. The summed E-state index contributed by atoms with van der Waals surface area (Å²) in [5, 5.41) is 12.0. The number of para-hydroxylation sites is 1. The second-order valence-electron chi connectivity index (χ2n) is 8.34. The number of rotatable bonds is 4. The van der Waals surface area contributed by atoms with E-state index in [0.29, 0.717) is 21.8 Å². The third kappa shape index (κ3) is 3.41. The van der Waals surface area contributed by atoms with Crippen LogP contribution in [0.25, 0.3) is 21.2 Å². The van der Waals surface area contributed by atoms with Gasteiger partial charge in [0.05, 0.1) is 21.8 Å². The number of ketones is 1. The summed E-state index contributed by atoms with van der Waals surface area (Å²) in [4.78, 5) is 32.9. The summed E-state index contributed by atoms with van der Waals surface area (Å²) in [5.41, 5.74) is 2.56. The summed E-state index contributed by atoms with van der Waals surface area (Å²) >= 11 is 1.28. The van der Waals surface area contributed by atoms with Crippen molar-refractivity contribution in [2.75, 3.05) is 4.90 Å². The van der Waals surface area contributed by atoms with Gasteiger partial charge in [-0.3, -0.25) is 14.5 Å². The van der Waals surface area contributed by atoms with E-state index in [0.717, 1.165) is 15.6 Å². The van der Waals surface area contributed by atoms with Crippen LogP contribution in [0, 0.1) is 12.7 Å². The lowest BCUT2D eigenvalue weighted by Crippen LogP contribution is -2.30. The Bertz CT molecular complexity index is 1650. The number of carbonyl (C=O) groups is 2. The molecule has 5 aromatic rings. The monoisotopic (exact) mass is 484 g/mol. The maximum Gasteiger partial charge on any atom is 0.296 e. The first-order valence-corrected chi connectivity index (χ1v) is 11.6.